The van der Waals surface area contributed by atoms with Crippen LogP contribution in [0.3, 0.4) is 0 Å². The summed E-state index contributed by atoms with van der Waals surface area (Å²) in [5, 5.41) is 8.68. The Labute approximate surface area is 218 Å². The number of hydrogen-bond acceptors (Lipinski definition) is 0. The third-order valence-corrected chi connectivity index (χ3v) is 12.6. The molecule has 178 valence electrons. The molecule has 0 aliphatic heterocycles. The second-order valence-corrected chi connectivity index (χ2v) is 13.5. The maximum Gasteiger partial charge on any atom is -0.00327 e. The molecule has 5 aromatic rings. The average Bonchev–Trinajstić information content (AvgIpc) is 2.94. The van der Waals surface area contributed by atoms with Crippen LogP contribution in [0.4, 0.5) is 0 Å². The largest absolute Gasteiger partial charge is 0.0622 e. The monoisotopic (exact) mass is 502 g/mol. The molecule has 0 N–H and O–H groups in total. The molecule has 0 heterocycles. The molecule has 0 saturated carbocycles. The molecule has 0 bridgehead atoms. The Kier molecular flexibility index (Phi) is 7.48. The summed E-state index contributed by atoms with van der Waals surface area (Å²) in [4.78, 5) is 0. The van der Waals surface area contributed by atoms with Gasteiger partial charge in [0.15, 0.2) is 0 Å². The summed E-state index contributed by atoms with van der Waals surface area (Å²) in [6, 6.07) is 44.6. The lowest BCUT2D eigenvalue weighted by Gasteiger charge is -2.32. The molecule has 2 heteroatoms. The predicted octanol–water partition coefficient (Wildman–Crippen LogP) is 6.44. The van der Waals surface area contributed by atoms with Crippen LogP contribution in [-0.2, 0) is 0 Å². The van der Waals surface area contributed by atoms with Crippen LogP contribution >= 0.6 is 15.8 Å². The molecule has 0 aliphatic carbocycles. The molecular weight excluding hydrogens is 470 g/mol. The lowest BCUT2D eigenvalue weighted by atomic mass is 9.99. The van der Waals surface area contributed by atoms with Gasteiger partial charge in [-0.2, -0.15) is 0 Å². The fraction of sp³-hybridized carbons (Fsp3) is 0.118. The van der Waals surface area contributed by atoms with Crippen molar-refractivity contribution in [3.63, 3.8) is 0 Å². The van der Waals surface area contributed by atoms with Gasteiger partial charge in [-0.3, -0.25) is 0 Å². The van der Waals surface area contributed by atoms with Crippen molar-refractivity contribution in [2.24, 2.45) is 0 Å². The van der Waals surface area contributed by atoms with Gasteiger partial charge in [-0.05, 0) is 97.6 Å². The Morgan fingerprint density at radius 1 is 0.306 bits per heavy atom. The fourth-order valence-corrected chi connectivity index (χ4v) is 10.8. The molecule has 0 aliphatic rings. The Bertz CT molecular complexity index is 1250. The predicted molar refractivity (Wildman–Crippen MR) is 163 cm³/mol. The van der Waals surface area contributed by atoms with E-state index in [9.17, 15) is 0 Å². The van der Waals surface area contributed by atoms with Crippen molar-refractivity contribution in [2.75, 3.05) is 0 Å². The number of benzene rings is 5. The highest BCUT2D eigenvalue weighted by molar-refractivity contribution is 7.85. The normalized spacial score (nSPS) is 11.3. The SMILES string of the molecule is Cc1c(C)c(C)c(P(c2ccccc2)c2ccccc2)c(P(c2ccccc2)c2ccccc2)c1C. The molecule has 5 aromatic carbocycles. The molecule has 0 unspecified atom stereocenters. The van der Waals surface area contributed by atoms with E-state index in [2.05, 4.69) is 149 Å². The Morgan fingerprint density at radius 3 is 0.750 bits per heavy atom. The van der Waals surface area contributed by atoms with Crippen molar-refractivity contribution in [1.82, 2.24) is 0 Å². The second-order valence-electron chi connectivity index (χ2n) is 9.21. The van der Waals surface area contributed by atoms with Crippen molar-refractivity contribution in [1.29, 1.82) is 0 Å². The average molecular weight is 503 g/mol. The lowest BCUT2D eigenvalue weighted by molar-refractivity contribution is 1.25. The van der Waals surface area contributed by atoms with Crippen LogP contribution in [0.5, 0.6) is 0 Å². The molecule has 36 heavy (non-hydrogen) atoms. The van der Waals surface area contributed by atoms with Gasteiger partial charge in [0.05, 0.1) is 0 Å². The van der Waals surface area contributed by atoms with E-state index in [-0.39, 0.29) is 0 Å². The third-order valence-electron chi connectivity index (χ3n) is 7.13. The van der Waals surface area contributed by atoms with Crippen molar-refractivity contribution in [3.8, 4) is 0 Å². The fourth-order valence-electron chi connectivity index (χ4n) is 4.94. The lowest BCUT2D eigenvalue weighted by Crippen LogP contribution is -2.39. The van der Waals surface area contributed by atoms with Gasteiger partial charge in [0.1, 0.15) is 0 Å². The number of rotatable bonds is 6. The Hall–Kier alpha value is -3.04. The van der Waals surface area contributed by atoms with E-state index in [1.54, 1.807) is 0 Å². The first-order valence-corrected chi connectivity index (χ1v) is 15.2. The summed E-state index contributed by atoms with van der Waals surface area (Å²) in [7, 11) is -1.46. The Balaban J connectivity index is 1.90. The van der Waals surface area contributed by atoms with Gasteiger partial charge in [-0.15, -0.1) is 0 Å². The molecule has 0 spiro atoms. The van der Waals surface area contributed by atoms with Crippen LogP contribution in [0.15, 0.2) is 121 Å². The van der Waals surface area contributed by atoms with Crippen LogP contribution in [0, 0.1) is 27.7 Å². The molecular formula is C34H32P2. The van der Waals surface area contributed by atoms with Gasteiger partial charge in [-0.25, -0.2) is 0 Å². The molecule has 5 rings (SSSR count). The van der Waals surface area contributed by atoms with Crippen LogP contribution in [-0.4, -0.2) is 0 Å². The zero-order valence-corrected chi connectivity index (χ0v) is 23.2. The molecule has 0 fully saturated rings. The van der Waals surface area contributed by atoms with Gasteiger partial charge < -0.3 is 0 Å². The van der Waals surface area contributed by atoms with Gasteiger partial charge in [0, 0.05) is 0 Å². The molecule has 0 atom stereocenters. The number of hydrogen-bond donors (Lipinski definition) is 0. The highest BCUT2D eigenvalue weighted by atomic mass is 31.1. The van der Waals surface area contributed by atoms with Crippen LogP contribution in [0.1, 0.15) is 22.3 Å². The summed E-state index contributed by atoms with van der Waals surface area (Å²) in [5.74, 6) is 0. The molecule has 0 amide bonds. The first-order valence-electron chi connectivity index (χ1n) is 12.5. The van der Waals surface area contributed by atoms with E-state index >= 15 is 0 Å². The van der Waals surface area contributed by atoms with Crippen LogP contribution < -0.4 is 31.8 Å². The first-order chi connectivity index (χ1) is 17.6. The van der Waals surface area contributed by atoms with Crippen molar-refractivity contribution < 1.29 is 0 Å². The summed E-state index contributed by atoms with van der Waals surface area (Å²) in [6.45, 7) is 9.32. The van der Waals surface area contributed by atoms with Crippen molar-refractivity contribution >= 4 is 47.7 Å². The summed E-state index contributed by atoms with van der Waals surface area (Å²) < 4.78 is 0. The second kappa shape index (κ2) is 10.9. The summed E-state index contributed by atoms with van der Waals surface area (Å²) >= 11 is 0. The van der Waals surface area contributed by atoms with E-state index in [0.717, 1.165) is 0 Å². The van der Waals surface area contributed by atoms with Gasteiger partial charge in [-0.1, -0.05) is 121 Å². The third kappa shape index (κ3) is 4.69. The smallest absolute Gasteiger partial charge is 0.00327 e. The van der Waals surface area contributed by atoms with Crippen LogP contribution in [0.2, 0.25) is 0 Å². The molecule has 0 radical (unpaired) electrons. The van der Waals surface area contributed by atoms with Gasteiger partial charge in [0.2, 0.25) is 0 Å². The standard InChI is InChI=1S/C34H32P2/c1-25-26(2)28(4)34(36(31-21-13-7-14-22-31)32-23-15-8-16-24-32)33(27(25)3)35(29-17-9-5-10-18-29)30-19-11-6-12-20-30/h5-24H,1-4H3. The minimum absolute atomic E-state index is 0.729. The van der Waals surface area contributed by atoms with E-state index in [1.165, 1.54) is 54.1 Å². The van der Waals surface area contributed by atoms with Gasteiger partial charge in [0.25, 0.3) is 0 Å². The van der Waals surface area contributed by atoms with Crippen LogP contribution in [0.25, 0.3) is 0 Å². The Morgan fingerprint density at radius 2 is 0.528 bits per heavy atom. The van der Waals surface area contributed by atoms with Gasteiger partial charge >= 0.3 is 0 Å². The van der Waals surface area contributed by atoms with Crippen molar-refractivity contribution in [3.05, 3.63) is 144 Å². The zero-order chi connectivity index (χ0) is 25.1. The minimum atomic E-state index is -0.729. The van der Waals surface area contributed by atoms with E-state index in [1.807, 2.05) is 0 Å². The highest BCUT2D eigenvalue weighted by Gasteiger charge is 2.30. The molecule has 0 saturated heterocycles. The summed E-state index contributed by atoms with van der Waals surface area (Å²) in [5.41, 5.74) is 5.71. The minimum Gasteiger partial charge on any atom is -0.0622 e. The van der Waals surface area contributed by atoms with E-state index in [0.29, 0.717) is 0 Å². The zero-order valence-electron chi connectivity index (χ0n) is 21.4. The van der Waals surface area contributed by atoms with E-state index in [4.69, 9.17) is 0 Å². The van der Waals surface area contributed by atoms with Crippen molar-refractivity contribution in [2.45, 2.75) is 27.7 Å². The molecule has 0 aromatic heterocycles. The maximum absolute atomic E-state index is 2.35. The summed E-state index contributed by atoms with van der Waals surface area (Å²) in [6.07, 6.45) is 0. The maximum atomic E-state index is 2.35. The first kappa shape index (κ1) is 24.6. The quantitative estimate of drug-likeness (QED) is 0.235. The molecule has 0 nitrogen and oxygen atoms in total. The topological polar surface area (TPSA) is 0 Å². The highest BCUT2D eigenvalue weighted by Crippen LogP contribution is 2.42. The van der Waals surface area contributed by atoms with E-state index < -0.39 is 15.8 Å².